The van der Waals surface area contributed by atoms with Crippen LogP contribution < -0.4 is 4.90 Å². The first kappa shape index (κ1) is 11.5. The normalized spacial score (nSPS) is 9.73. The molecular formula is C13H18N2. The van der Waals surface area contributed by atoms with Crippen molar-refractivity contribution in [2.24, 2.45) is 0 Å². The van der Waals surface area contributed by atoms with Crippen LogP contribution in [0.25, 0.3) is 0 Å². The summed E-state index contributed by atoms with van der Waals surface area (Å²) in [6.45, 7) is 13.5. The van der Waals surface area contributed by atoms with Gasteiger partial charge in [-0.05, 0) is 26.0 Å². The molecule has 0 amide bonds. The molecule has 1 rings (SSSR count). The molecule has 0 aliphatic rings. The minimum atomic E-state index is 0.823. The van der Waals surface area contributed by atoms with E-state index in [1.165, 1.54) is 0 Å². The predicted molar refractivity (Wildman–Crippen MR) is 66.1 cm³/mol. The predicted octanol–water partition coefficient (Wildman–Crippen LogP) is 3.04. The molecular weight excluding hydrogens is 184 g/mol. The van der Waals surface area contributed by atoms with Crippen molar-refractivity contribution in [3.05, 3.63) is 48.7 Å². The van der Waals surface area contributed by atoms with Crippen LogP contribution in [0.1, 0.15) is 13.8 Å². The zero-order valence-corrected chi connectivity index (χ0v) is 9.53. The number of aromatic nitrogens is 1. The zero-order valence-electron chi connectivity index (χ0n) is 9.53. The van der Waals surface area contributed by atoms with Gasteiger partial charge in [-0.1, -0.05) is 30.4 Å². The van der Waals surface area contributed by atoms with E-state index in [2.05, 4.69) is 23.0 Å². The number of anilines is 1. The second kappa shape index (κ2) is 5.35. The smallest absolute Gasteiger partial charge is 0.129 e. The lowest BCUT2D eigenvalue weighted by atomic mass is 10.2. The molecule has 2 nitrogen and oxygen atoms in total. The van der Waals surface area contributed by atoms with Crippen molar-refractivity contribution in [3.8, 4) is 0 Å². The molecule has 1 aromatic rings. The number of pyridine rings is 1. The van der Waals surface area contributed by atoms with E-state index < -0.39 is 0 Å². The Bertz CT molecular complexity index is 325. The molecule has 0 saturated carbocycles. The van der Waals surface area contributed by atoms with Gasteiger partial charge >= 0.3 is 0 Å². The van der Waals surface area contributed by atoms with E-state index in [0.29, 0.717) is 0 Å². The summed E-state index contributed by atoms with van der Waals surface area (Å²) in [5, 5.41) is 0. The third-order valence-corrected chi connectivity index (χ3v) is 1.89. The lowest BCUT2D eigenvalue weighted by Gasteiger charge is -2.23. The average Bonchev–Trinajstić information content (AvgIpc) is 2.17. The molecule has 1 heterocycles. The molecule has 0 atom stereocenters. The fourth-order valence-electron chi connectivity index (χ4n) is 1.41. The lowest BCUT2D eigenvalue weighted by molar-refractivity contribution is 0.873. The van der Waals surface area contributed by atoms with E-state index in [1.807, 2.05) is 32.0 Å². The minimum absolute atomic E-state index is 0.823. The van der Waals surface area contributed by atoms with Crippen molar-refractivity contribution in [1.82, 2.24) is 4.98 Å². The van der Waals surface area contributed by atoms with Crippen LogP contribution in [-0.2, 0) is 0 Å². The summed E-state index contributed by atoms with van der Waals surface area (Å²) in [5.74, 6) is 0.975. The van der Waals surface area contributed by atoms with Crippen LogP contribution in [-0.4, -0.2) is 18.1 Å². The second-order valence-electron chi connectivity index (χ2n) is 3.96. The molecule has 0 aliphatic heterocycles. The number of hydrogen-bond donors (Lipinski definition) is 0. The summed E-state index contributed by atoms with van der Waals surface area (Å²) in [7, 11) is 0. The number of rotatable bonds is 5. The zero-order chi connectivity index (χ0) is 11.3. The quantitative estimate of drug-likeness (QED) is 0.682. The van der Waals surface area contributed by atoms with Crippen molar-refractivity contribution in [1.29, 1.82) is 0 Å². The monoisotopic (exact) mass is 202 g/mol. The molecule has 15 heavy (non-hydrogen) atoms. The molecule has 0 spiro atoms. The maximum absolute atomic E-state index is 4.33. The van der Waals surface area contributed by atoms with E-state index >= 15 is 0 Å². The Morgan fingerprint density at radius 3 is 2.20 bits per heavy atom. The van der Waals surface area contributed by atoms with Gasteiger partial charge in [-0.15, -0.1) is 0 Å². The molecule has 0 bridgehead atoms. The van der Waals surface area contributed by atoms with Crippen LogP contribution in [0.15, 0.2) is 48.7 Å². The van der Waals surface area contributed by atoms with Crippen molar-refractivity contribution < 1.29 is 0 Å². The third kappa shape index (κ3) is 3.98. The summed E-state index contributed by atoms with van der Waals surface area (Å²) >= 11 is 0. The van der Waals surface area contributed by atoms with Gasteiger partial charge in [0.05, 0.1) is 0 Å². The maximum atomic E-state index is 4.33. The van der Waals surface area contributed by atoms with Gasteiger partial charge in [0.1, 0.15) is 5.82 Å². The molecule has 0 saturated heterocycles. The SMILES string of the molecule is C=C(C)CN(CC(=C)C)c1ccccn1. The van der Waals surface area contributed by atoms with Gasteiger partial charge in [-0.2, -0.15) is 0 Å². The first-order valence-electron chi connectivity index (χ1n) is 5.04. The van der Waals surface area contributed by atoms with E-state index in [0.717, 1.165) is 30.1 Å². The highest BCUT2D eigenvalue weighted by Gasteiger charge is 2.06. The Labute approximate surface area is 92.0 Å². The highest BCUT2D eigenvalue weighted by Crippen LogP contribution is 2.12. The van der Waals surface area contributed by atoms with Gasteiger partial charge in [0.15, 0.2) is 0 Å². The molecule has 0 radical (unpaired) electrons. The van der Waals surface area contributed by atoms with E-state index in [9.17, 15) is 0 Å². The molecule has 2 heteroatoms. The largest absolute Gasteiger partial charge is 0.349 e. The molecule has 0 fully saturated rings. The Kier molecular flexibility index (Phi) is 4.10. The standard InChI is InChI=1S/C13H18N2/c1-11(2)9-15(10-12(3)4)13-7-5-6-8-14-13/h5-8H,1,3,9-10H2,2,4H3. The van der Waals surface area contributed by atoms with Crippen LogP contribution in [0.3, 0.4) is 0 Å². The molecule has 80 valence electrons. The molecule has 0 unspecified atom stereocenters. The van der Waals surface area contributed by atoms with Gasteiger partial charge < -0.3 is 4.90 Å². The molecule has 0 aromatic carbocycles. The van der Waals surface area contributed by atoms with E-state index in [1.54, 1.807) is 6.20 Å². The van der Waals surface area contributed by atoms with Gasteiger partial charge in [-0.3, -0.25) is 0 Å². The first-order chi connectivity index (χ1) is 7.09. The van der Waals surface area contributed by atoms with Crippen LogP contribution in [0.2, 0.25) is 0 Å². The van der Waals surface area contributed by atoms with Crippen molar-refractivity contribution in [2.75, 3.05) is 18.0 Å². The van der Waals surface area contributed by atoms with E-state index in [-0.39, 0.29) is 0 Å². The Balaban J connectivity index is 2.81. The highest BCUT2D eigenvalue weighted by atomic mass is 15.2. The van der Waals surface area contributed by atoms with Crippen molar-refractivity contribution in [2.45, 2.75) is 13.8 Å². The summed E-state index contributed by atoms with van der Waals surface area (Å²) in [5.41, 5.74) is 2.25. The highest BCUT2D eigenvalue weighted by molar-refractivity contribution is 5.40. The fraction of sp³-hybridized carbons (Fsp3) is 0.308. The summed E-state index contributed by atoms with van der Waals surface area (Å²) in [4.78, 5) is 6.50. The van der Waals surface area contributed by atoms with Gasteiger partial charge in [0.2, 0.25) is 0 Å². The van der Waals surface area contributed by atoms with Gasteiger partial charge in [0.25, 0.3) is 0 Å². The number of nitrogens with zero attached hydrogens (tertiary/aromatic N) is 2. The first-order valence-corrected chi connectivity index (χ1v) is 5.04. The van der Waals surface area contributed by atoms with Crippen LogP contribution in [0.4, 0.5) is 5.82 Å². The Morgan fingerprint density at radius 2 is 1.80 bits per heavy atom. The maximum Gasteiger partial charge on any atom is 0.129 e. The summed E-state index contributed by atoms with van der Waals surface area (Å²) < 4.78 is 0. The van der Waals surface area contributed by atoms with E-state index in [4.69, 9.17) is 0 Å². The lowest BCUT2D eigenvalue weighted by Crippen LogP contribution is -2.27. The van der Waals surface area contributed by atoms with Crippen LogP contribution in [0.5, 0.6) is 0 Å². The minimum Gasteiger partial charge on any atom is -0.349 e. The third-order valence-electron chi connectivity index (χ3n) is 1.89. The fourth-order valence-corrected chi connectivity index (χ4v) is 1.41. The number of hydrogen-bond acceptors (Lipinski definition) is 2. The average molecular weight is 202 g/mol. The molecule has 1 aromatic heterocycles. The van der Waals surface area contributed by atoms with Crippen LogP contribution >= 0.6 is 0 Å². The Hall–Kier alpha value is -1.57. The van der Waals surface area contributed by atoms with Gasteiger partial charge in [-0.25, -0.2) is 4.98 Å². The van der Waals surface area contributed by atoms with Crippen molar-refractivity contribution in [3.63, 3.8) is 0 Å². The molecule has 0 N–H and O–H groups in total. The Morgan fingerprint density at radius 1 is 1.20 bits per heavy atom. The summed E-state index contributed by atoms with van der Waals surface area (Å²) in [6.07, 6.45) is 1.80. The molecule has 0 aliphatic carbocycles. The second-order valence-corrected chi connectivity index (χ2v) is 3.96. The topological polar surface area (TPSA) is 16.1 Å². The van der Waals surface area contributed by atoms with Crippen molar-refractivity contribution >= 4 is 5.82 Å². The van der Waals surface area contributed by atoms with Crippen LogP contribution in [0, 0.1) is 0 Å². The van der Waals surface area contributed by atoms with Gasteiger partial charge in [0, 0.05) is 19.3 Å². The summed E-state index contributed by atoms with van der Waals surface area (Å²) in [6, 6.07) is 5.92.